The molecule has 0 bridgehead atoms. The number of hydrogen-bond donors (Lipinski definition) is 1. The third-order valence-corrected chi connectivity index (χ3v) is 1.34. The molecule has 0 atom stereocenters. The molecule has 0 heterocycles. The topological polar surface area (TPSA) is 37.3 Å². The standard InChI is InChI=1S/C5H7BrO2/c1-2-4(3-6)5(7)8/h3H,2H2,1H3,(H,7,8)/b4-3+. The lowest BCUT2D eigenvalue weighted by atomic mass is 10.2. The molecule has 0 spiro atoms. The van der Waals surface area contributed by atoms with Gasteiger partial charge in [-0.05, 0) is 11.4 Å². The third-order valence-electron chi connectivity index (χ3n) is 0.787. The molecule has 0 aliphatic rings. The second-order valence-electron chi connectivity index (χ2n) is 1.29. The highest BCUT2D eigenvalue weighted by Gasteiger charge is 2.00. The van der Waals surface area contributed by atoms with Gasteiger partial charge < -0.3 is 5.11 Å². The molecule has 0 aromatic rings. The first kappa shape index (κ1) is 7.69. The second-order valence-corrected chi connectivity index (χ2v) is 1.75. The van der Waals surface area contributed by atoms with Crippen LogP contribution in [0.15, 0.2) is 10.6 Å². The molecule has 0 aromatic heterocycles. The average Bonchev–Trinajstić information content (AvgIpc) is 1.69. The lowest BCUT2D eigenvalue weighted by molar-refractivity contribution is -0.132. The molecular weight excluding hydrogens is 172 g/mol. The van der Waals surface area contributed by atoms with Crippen LogP contribution in [0, 0.1) is 0 Å². The fourth-order valence-corrected chi connectivity index (χ4v) is 0.795. The van der Waals surface area contributed by atoms with Gasteiger partial charge in [0.05, 0.1) is 0 Å². The van der Waals surface area contributed by atoms with E-state index in [0.717, 1.165) is 0 Å². The molecule has 0 amide bonds. The van der Waals surface area contributed by atoms with Crippen molar-refractivity contribution < 1.29 is 9.90 Å². The molecule has 0 aliphatic carbocycles. The van der Waals surface area contributed by atoms with E-state index in [2.05, 4.69) is 15.9 Å². The molecular formula is C5H7BrO2. The minimum atomic E-state index is -0.857. The normalized spacial score (nSPS) is 11.5. The van der Waals surface area contributed by atoms with Crippen molar-refractivity contribution in [3.63, 3.8) is 0 Å². The van der Waals surface area contributed by atoms with Gasteiger partial charge in [0.25, 0.3) is 0 Å². The number of aliphatic carboxylic acids is 1. The molecule has 46 valence electrons. The van der Waals surface area contributed by atoms with Crippen LogP contribution in [0.1, 0.15) is 13.3 Å². The molecule has 1 N–H and O–H groups in total. The van der Waals surface area contributed by atoms with Crippen LogP contribution >= 0.6 is 15.9 Å². The van der Waals surface area contributed by atoms with Crippen LogP contribution in [0.25, 0.3) is 0 Å². The van der Waals surface area contributed by atoms with E-state index in [4.69, 9.17) is 5.11 Å². The first-order valence-corrected chi connectivity index (χ1v) is 3.16. The van der Waals surface area contributed by atoms with Gasteiger partial charge in [-0.2, -0.15) is 0 Å². The molecule has 0 fully saturated rings. The van der Waals surface area contributed by atoms with E-state index < -0.39 is 5.97 Å². The number of hydrogen-bond acceptors (Lipinski definition) is 1. The Balaban J connectivity index is 3.92. The summed E-state index contributed by atoms with van der Waals surface area (Å²) in [5.41, 5.74) is 0.394. The Morgan fingerprint density at radius 3 is 2.38 bits per heavy atom. The Bertz CT molecular complexity index is 118. The van der Waals surface area contributed by atoms with Crippen LogP contribution in [0.5, 0.6) is 0 Å². The Morgan fingerprint density at radius 1 is 1.88 bits per heavy atom. The van der Waals surface area contributed by atoms with Gasteiger partial charge in [0.15, 0.2) is 0 Å². The summed E-state index contributed by atoms with van der Waals surface area (Å²) in [4.78, 5) is 11.5. The minimum absolute atomic E-state index is 0.394. The van der Waals surface area contributed by atoms with Crippen molar-refractivity contribution in [1.29, 1.82) is 0 Å². The number of halogens is 1. The lowest BCUT2D eigenvalue weighted by Gasteiger charge is -1.90. The summed E-state index contributed by atoms with van der Waals surface area (Å²) in [7, 11) is 0. The molecule has 0 radical (unpaired) electrons. The smallest absolute Gasteiger partial charge is 0.332 e. The second kappa shape index (κ2) is 3.66. The van der Waals surface area contributed by atoms with Gasteiger partial charge >= 0.3 is 5.97 Å². The quantitative estimate of drug-likeness (QED) is 0.655. The highest BCUT2D eigenvalue weighted by molar-refractivity contribution is 9.11. The van der Waals surface area contributed by atoms with Gasteiger partial charge in [-0.1, -0.05) is 22.9 Å². The molecule has 0 saturated carbocycles. The van der Waals surface area contributed by atoms with Crippen molar-refractivity contribution in [2.75, 3.05) is 0 Å². The number of carboxylic acid groups (broad SMARTS) is 1. The third kappa shape index (κ3) is 2.12. The van der Waals surface area contributed by atoms with Crippen LogP contribution in [0.4, 0.5) is 0 Å². The Labute approximate surface area is 56.3 Å². The zero-order valence-corrected chi connectivity index (χ0v) is 6.10. The maximum atomic E-state index is 10.1. The number of carbonyl (C=O) groups is 1. The molecule has 0 aliphatic heterocycles. The monoisotopic (exact) mass is 178 g/mol. The van der Waals surface area contributed by atoms with Crippen LogP contribution in [0.2, 0.25) is 0 Å². The van der Waals surface area contributed by atoms with Gasteiger partial charge in [0.2, 0.25) is 0 Å². The summed E-state index contributed by atoms with van der Waals surface area (Å²) in [6, 6.07) is 0. The fraction of sp³-hybridized carbons (Fsp3) is 0.400. The molecule has 2 nitrogen and oxygen atoms in total. The largest absolute Gasteiger partial charge is 0.478 e. The van der Waals surface area contributed by atoms with Crippen molar-refractivity contribution in [2.45, 2.75) is 13.3 Å². The number of rotatable bonds is 2. The van der Waals surface area contributed by atoms with E-state index in [1.165, 1.54) is 4.99 Å². The van der Waals surface area contributed by atoms with Crippen molar-refractivity contribution >= 4 is 21.9 Å². The summed E-state index contributed by atoms with van der Waals surface area (Å²) in [5.74, 6) is -0.857. The van der Waals surface area contributed by atoms with E-state index in [1.54, 1.807) is 6.92 Å². The van der Waals surface area contributed by atoms with Crippen LogP contribution in [-0.4, -0.2) is 11.1 Å². The van der Waals surface area contributed by atoms with E-state index in [-0.39, 0.29) is 0 Å². The summed E-state index contributed by atoms with van der Waals surface area (Å²) in [5, 5.41) is 8.27. The zero-order chi connectivity index (χ0) is 6.57. The van der Waals surface area contributed by atoms with Crippen LogP contribution in [0.3, 0.4) is 0 Å². The molecule has 8 heavy (non-hydrogen) atoms. The summed E-state index contributed by atoms with van der Waals surface area (Å²) < 4.78 is 0. The van der Waals surface area contributed by atoms with Crippen LogP contribution in [-0.2, 0) is 4.79 Å². The van der Waals surface area contributed by atoms with Gasteiger partial charge in [-0.3, -0.25) is 0 Å². The Hall–Kier alpha value is -0.310. The van der Waals surface area contributed by atoms with Crippen molar-refractivity contribution in [3.8, 4) is 0 Å². The first-order valence-electron chi connectivity index (χ1n) is 2.25. The van der Waals surface area contributed by atoms with E-state index in [0.29, 0.717) is 12.0 Å². The molecule has 0 rings (SSSR count). The molecule has 0 saturated heterocycles. The number of carboxylic acids is 1. The lowest BCUT2D eigenvalue weighted by Crippen LogP contribution is -1.96. The van der Waals surface area contributed by atoms with Gasteiger partial charge in [0.1, 0.15) is 0 Å². The summed E-state index contributed by atoms with van der Waals surface area (Å²) in [6.45, 7) is 1.79. The highest BCUT2D eigenvalue weighted by atomic mass is 79.9. The van der Waals surface area contributed by atoms with Crippen molar-refractivity contribution in [2.24, 2.45) is 0 Å². The Morgan fingerprint density at radius 2 is 2.38 bits per heavy atom. The van der Waals surface area contributed by atoms with Gasteiger partial charge in [-0.15, -0.1) is 0 Å². The maximum Gasteiger partial charge on any atom is 0.332 e. The van der Waals surface area contributed by atoms with E-state index in [1.807, 2.05) is 0 Å². The van der Waals surface area contributed by atoms with Crippen molar-refractivity contribution in [3.05, 3.63) is 10.6 Å². The summed E-state index contributed by atoms with van der Waals surface area (Å²) in [6.07, 6.45) is 0.556. The highest BCUT2D eigenvalue weighted by Crippen LogP contribution is 2.02. The Kier molecular flexibility index (Phi) is 3.52. The maximum absolute atomic E-state index is 10.1. The van der Waals surface area contributed by atoms with E-state index >= 15 is 0 Å². The van der Waals surface area contributed by atoms with Gasteiger partial charge in [-0.25, -0.2) is 4.79 Å². The molecule has 3 heteroatoms. The van der Waals surface area contributed by atoms with E-state index in [9.17, 15) is 4.79 Å². The van der Waals surface area contributed by atoms with Crippen LogP contribution < -0.4 is 0 Å². The zero-order valence-electron chi connectivity index (χ0n) is 4.52. The predicted octanol–water partition coefficient (Wildman–Crippen LogP) is 1.76. The fourth-order valence-electron chi connectivity index (χ4n) is 0.275. The molecule has 0 unspecified atom stereocenters. The van der Waals surface area contributed by atoms with Gasteiger partial charge in [0, 0.05) is 5.57 Å². The predicted molar refractivity (Wildman–Crippen MR) is 34.9 cm³/mol. The summed E-state index contributed by atoms with van der Waals surface area (Å²) >= 11 is 2.93. The first-order chi connectivity index (χ1) is 3.72. The van der Waals surface area contributed by atoms with Crippen molar-refractivity contribution in [1.82, 2.24) is 0 Å². The SMILES string of the molecule is CC/C(=C\Br)C(=O)O. The average molecular weight is 179 g/mol. The molecule has 0 aromatic carbocycles. The minimum Gasteiger partial charge on any atom is -0.478 e.